The number of nitrogens with zero attached hydrogens (tertiary/aromatic N) is 1. The van der Waals surface area contributed by atoms with E-state index in [1.54, 1.807) is 23.6 Å². The van der Waals surface area contributed by atoms with Crippen molar-refractivity contribution in [2.45, 2.75) is 51.6 Å². The first-order valence-electron chi connectivity index (χ1n) is 9.73. The van der Waals surface area contributed by atoms with Crippen LogP contribution in [0.15, 0.2) is 60.7 Å². The van der Waals surface area contributed by atoms with Crippen LogP contribution in [-0.4, -0.2) is 34.6 Å². The third kappa shape index (κ3) is 7.39. The molecule has 0 fully saturated rings. The third-order valence-electron chi connectivity index (χ3n) is 4.37. The van der Waals surface area contributed by atoms with Crippen molar-refractivity contribution in [3.05, 3.63) is 71.8 Å². The predicted octanol–water partition coefficient (Wildman–Crippen LogP) is 4.25. The monoisotopic (exact) mass is 398 g/mol. The average molecular weight is 399 g/mol. The Labute approximate surface area is 172 Å². The fraction of sp³-hybridized carbons (Fsp3) is 0.391. The van der Waals surface area contributed by atoms with Gasteiger partial charge in [0.2, 0.25) is 11.8 Å². The van der Waals surface area contributed by atoms with Crippen LogP contribution in [0, 0.1) is 0 Å². The molecule has 0 saturated carbocycles. The Kier molecular flexibility index (Phi) is 9.08. The largest absolute Gasteiger partial charge is 0.352 e. The zero-order chi connectivity index (χ0) is 20.4. The number of carbonyl (C=O) groups excluding carboxylic acids is 2. The number of rotatable bonds is 10. The Bertz CT molecular complexity index is 735. The van der Waals surface area contributed by atoms with Gasteiger partial charge in [0.25, 0.3) is 0 Å². The Morgan fingerprint density at radius 3 is 2.07 bits per heavy atom. The molecule has 0 aromatic heterocycles. The zero-order valence-corrected chi connectivity index (χ0v) is 17.7. The number of benzene rings is 2. The van der Waals surface area contributed by atoms with Crippen LogP contribution in [0.25, 0.3) is 0 Å². The van der Waals surface area contributed by atoms with E-state index in [0.29, 0.717) is 13.0 Å². The molecule has 2 rings (SSSR count). The van der Waals surface area contributed by atoms with Crippen LogP contribution in [0.2, 0.25) is 0 Å². The first-order chi connectivity index (χ1) is 13.5. The lowest BCUT2D eigenvalue weighted by molar-refractivity contribution is -0.140. The lowest BCUT2D eigenvalue weighted by atomic mass is 10.1. The summed E-state index contributed by atoms with van der Waals surface area (Å²) in [5.41, 5.74) is 2.28. The number of carbonyl (C=O) groups is 2. The van der Waals surface area contributed by atoms with Crippen molar-refractivity contribution in [1.29, 1.82) is 0 Å². The summed E-state index contributed by atoms with van der Waals surface area (Å²) in [4.78, 5) is 27.1. The highest BCUT2D eigenvalue weighted by molar-refractivity contribution is 7.98. The second-order valence-corrected chi connectivity index (χ2v) is 8.24. The molecule has 0 heterocycles. The van der Waals surface area contributed by atoms with E-state index in [4.69, 9.17) is 0 Å². The molecule has 0 radical (unpaired) electrons. The normalized spacial score (nSPS) is 11.9. The Morgan fingerprint density at radius 1 is 0.929 bits per heavy atom. The van der Waals surface area contributed by atoms with Crippen LogP contribution < -0.4 is 5.32 Å². The number of nitrogens with one attached hydrogen (secondary N) is 1. The molecular weight excluding hydrogens is 368 g/mol. The van der Waals surface area contributed by atoms with Gasteiger partial charge in [0.15, 0.2) is 0 Å². The molecule has 4 nitrogen and oxygen atoms in total. The van der Waals surface area contributed by atoms with Gasteiger partial charge >= 0.3 is 0 Å². The highest BCUT2D eigenvalue weighted by Gasteiger charge is 2.26. The molecule has 1 N–H and O–H groups in total. The lowest BCUT2D eigenvalue weighted by Gasteiger charge is -2.29. The first-order valence-corrected chi connectivity index (χ1v) is 10.9. The summed E-state index contributed by atoms with van der Waals surface area (Å²) in [5, 5.41) is 2.91. The summed E-state index contributed by atoms with van der Waals surface area (Å²) in [7, 11) is 0. The summed E-state index contributed by atoms with van der Waals surface area (Å²) in [5.74, 6) is 1.51. The van der Waals surface area contributed by atoms with Gasteiger partial charge in [-0.15, -0.1) is 0 Å². The maximum Gasteiger partial charge on any atom is 0.242 e. The molecule has 5 heteroatoms. The Morgan fingerprint density at radius 2 is 1.50 bits per heavy atom. The summed E-state index contributed by atoms with van der Waals surface area (Å²) in [6.07, 6.45) is 0.420. The minimum atomic E-state index is -0.505. The number of hydrogen-bond acceptors (Lipinski definition) is 3. The third-order valence-corrected chi connectivity index (χ3v) is 5.40. The molecule has 0 saturated heterocycles. The standard InChI is InChI=1S/C23H30N2O2S/c1-18(2)24-23(27)19(3)25(16-20-10-6-4-7-11-20)22(26)14-15-28-17-21-12-8-5-9-13-21/h4-13,18-19H,14-17H2,1-3H3,(H,24,27)/t19-/m1/s1. The van der Waals surface area contributed by atoms with Gasteiger partial charge in [-0.1, -0.05) is 60.7 Å². The van der Waals surface area contributed by atoms with Gasteiger partial charge in [-0.05, 0) is 31.9 Å². The minimum absolute atomic E-state index is 0.0100. The van der Waals surface area contributed by atoms with E-state index in [2.05, 4.69) is 17.4 Å². The van der Waals surface area contributed by atoms with Crippen LogP contribution in [0.4, 0.5) is 0 Å². The SMILES string of the molecule is CC(C)NC(=O)[C@@H](C)N(Cc1ccccc1)C(=O)CCSCc1ccccc1. The van der Waals surface area contributed by atoms with Gasteiger partial charge < -0.3 is 10.2 Å². The Balaban J connectivity index is 1.96. The van der Waals surface area contributed by atoms with E-state index in [1.165, 1.54) is 5.56 Å². The second kappa shape index (κ2) is 11.5. The van der Waals surface area contributed by atoms with Gasteiger partial charge in [-0.25, -0.2) is 0 Å². The molecule has 1 atom stereocenters. The van der Waals surface area contributed by atoms with Crippen molar-refractivity contribution >= 4 is 23.6 Å². The minimum Gasteiger partial charge on any atom is -0.352 e. The smallest absolute Gasteiger partial charge is 0.242 e. The van der Waals surface area contributed by atoms with E-state index in [9.17, 15) is 9.59 Å². The molecule has 2 aromatic rings. The molecule has 28 heavy (non-hydrogen) atoms. The van der Waals surface area contributed by atoms with Gasteiger partial charge in [0.1, 0.15) is 6.04 Å². The molecule has 0 unspecified atom stereocenters. The number of amides is 2. The van der Waals surface area contributed by atoms with Crippen molar-refractivity contribution in [3.63, 3.8) is 0 Å². The van der Waals surface area contributed by atoms with E-state index in [0.717, 1.165) is 17.1 Å². The topological polar surface area (TPSA) is 49.4 Å². The van der Waals surface area contributed by atoms with Crippen LogP contribution in [0.3, 0.4) is 0 Å². The van der Waals surface area contributed by atoms with Gasteiger partial charge in [0, 0.05) is 30.5 Å². The highest BCUT2D eigenvalue weighted by Crippen LogP contribution is 2.16. The van der Waals surface area contributed by atoms with Crippen molar-refractivity contribution < 1.29 is 9.59 Å². The molecule has 0 bridgehead atoms. The zero-order valence-electron chi connectivity index (χ0n) is 16.9. The fourth-order valence-electron chi connectivity index (χ4n) is 2.84. The van der Waals surface area contributed by atoms with Gasteiger partial charge in [0.05, 0.1) is 0 Å². The molecule has 0 aliphatic rings. The van der Waals surface area contributed by atoms with E-state index in [-0.39, 0.29) is 17.9 Å². The summed E-state index contributed by atoms with van der Waals surface area (Å²) >= 11 is 1.74. The average Bonchev–Trinajstić information content (AvgIpc) is 2.70. The molecule has 0 spiro atoms. The predicted molar refractivity (Wildman–Crippen MR) is 117 cm³/mol. The molecule has 2 amide bonds. The maximum absolute atomic E-state index is 12.9. The van der Waals surface area contributed by atoms with Crippen LogP contribution >= 0.6 is 11.8 Å². The summed E-state index contributed by atoms with van der Waals surface area (Å²) < 4.78 is 0. The van der Waals surface area contributed by atoms with Crippen molar-refractivity contribution in [2.75, 3.05) is 5.75 Å². The van der Waals surface area contributed by atoms with E-state index >= 15 is 0 Å². The molecule has 0 aliphatic heterocycles. The number of thioether (sulfide) groups is 1. The Hall–Kier alpha value is -2.27. The quantitative estimate of drug-likeness (QED) is 0.609. The van der Waals surface area contributed by atoms with Gasteiger partial charge in [-0.3, -0.25) is 9.59 Å². The molecule has 0 aliphatic carbocycles. The van der Waals surface area contributed by atoms with Crippen molar-refractivity contribution in [2.24, 2.45) is 0 Å². The molecule has 2 aromatic carbocycles. The fourth-order valence-corrected chi connectivity index (χ4v) is 3.73. The summed E-state index contributed by atoms with van der Waals surface area (Å²) in [6.45, 7) is 6.09. The first kappa shape index (κ1) is 22.0. The number of hydrogen-bond donors (Lipinski definition) is 1. The highest BCUT2D eigenvalue weighted by atomic mass is 32.2. The van der Waals surface area contributed by atoms with Gasteiger partial charge in [-0.2, -0.15) is 11.8 Å². The molecular formula is C23H30N2O2S. The molecule has 150 valence electrons. The van der Waals surface area contributed by atoms with E-state index < -0.39 is 6.04 Å². The van der Waals surface area contributed by atoms with Crippen LogP contribution in [0.5, 0.6) is 0 Å². The van der Waals surface area contributed by atoms with Crippen LogP contribution in [0.1, 0.15) is 38.3 Å². The lowest BCUT2D eigenvalue weighted by Crippen LogP contribution is -2.49. The van der Waals surface area contributed by atoms with Crippen molar-refractivity contribution in [1.82, 2.24) is 10.2 Å². The second-order valence-electron chi connectivity index (χ2n) is 7.13. The van der Waals surface area contributed by atoms with Crippen LogP contribution in [-0.2, 0) is 21.9 Å². The summed E-state index contributed by atoms with van der Waals surface area (Å²) in [6, 6.07) is 19.6. The van der Waals surface area contributed by atoms with Crippen molar-refractivity contribution in [3.8, 4) is 0 Å². The van der Waals surface area contributed by atoms with E-state index in [1.807, 2.05) is 62.4 Å². The maximum atomic E-state index is 12.9.